The van der Waals surface area contributed by atoms with Crippen LogP contribution in [0.1, 0.15) is 16.1 Å². The molecule has 0 amide bonds. The van der Waals surface area contributed by atoms with Crippen LogP contribution in [0.15, 0.2) is 34.0 Å². The molecule has 3 N–H and O–H groups in total. The third-order valence-corrected chi connectivity index (χ3v) is 4.65. The maximum atomic E-state index is 12.1. The summed E-state index contributed by atoms with van der Waals surface area (Å²) >= 11 is 3.21. The van der Waals surface area contributed by atoms with Gasteiger partial charge >= 0.3 is 5.97 Å². The number of carboxylic acid groups (broad SMARTS) is 1. The fourth-order valence-corrected chi connectivity index (χ4v) is 2.72. The molecule has 0 aliphatic carbocycles. The van der Waals surface area contributed by atoms with E-state index in [2.05, 4.69) is 30.6 Å². The molecule has 2 aromatic heterocycles. The number of aromatic carboxylic acids is 1. The number of rotatable bonds is 4. The molecule has 0 fully saturated rings. The number of nitrogens with one attached hydrogen (secondary N) is 2. The number of carboxylic acids is 1. The number of H-pyrrole nitrogens is 1. The predicted molar refractivity (Wildman–Crippen MR) is 75.2 cm³/mol. The molecule has 2 heterocycles. The molecule has 2 aromatic rings. The van der Waals surface area contributed by atoms with Crippen molar-refractivity contribution in [1.82, 2.24) is 9.97 Å². The topological polar surface area (TPSA) is 112 Å². The van der Waals surface area contributed by atoms with Crippen molar-refractivity contribution in [3.05, 3.63) is 40.4 Å². The van der Waals surface area contributed by atoms with Crippen LogP contribution >= 0.6 is 15.9 Å². The van der Waals surface area contributed by atoms with Crippen molar-refractivity contribution < 1.29 is 18.3 Å². The van der Waals surface area contributed by atoms with Gasteiger partial charge in [-0.25, -0.2) is 18.2 Å². The molecule has 0 bridgehead atoms. The maximum absolute atomic E-state index is 12.1. The number of sulfonamides is 1. The van der Waals surface area contributed by atoms with E-state index in [9.17, 15) is 13.2 Å². The zero-order chi connectivity index (χ0) is 14.9. The Morgan fingerprint density at radius 1 is 1.45 bits per heavy atom. The van der Waals surface area contributed by atoms with Gasteiger partial charge in [-0.3, -0.25) is 4.72 Å². The first-order chi connectivity index (χ1) is 9.29. The summed E-state index contributed by atoms with van der Waals surface area (Å²) in [5.74, 6) is -1.23. The van der Waals surface area contributed by atoms with E-state index in [0.29, 0.717) is 10.3 Å². The van der Waals surface area contributed by atoms with Crippen LogP contribution in [0.5, 0.6) is 0 Å². The van der Waals surface area contributed by atoms with Crippen LogP contribution in [-0.4, -0.2) is 29.5 Å². The average molecular weight is 360 g/mol. The van der Waals surface area contributed by atoms with Gasteiger partial charge in [0.05, 0.1) is 11.9 Å². The van der Waals surface area contributed by atoms with E-state index in [4.69, 9.17) is 5.11 Å². The van der Waals surface area contributed by atoms with Gasteiger partial charge in [0.2, 0.25) is 0 Å². The number of hydrogen-bond acceptors (Lipinski definition) is 4. The van der Waals surface area contributed by atoms with Gasteiger partial charge in [0.15, 0.2) is 0 Å². The van der Waals surface area contributed by atoms with Gasteiger partial charge in [-0.1, -0.05) is 0 Å². The lowest BCUT2D eigenvalue weighted by molar-refractivity contribution is 0.0691. The van der Waals surface area contributed by atoms with E-state index >= 15 is 0 Å². The summed E-state index contributed by atoms with van der Waals surface area (Å²) in [6, 6.07) is 2.66. The minimum atomic E-state index is -3.86. The molecule has 0 saturated carbocycles. The van der Waals surface area contributed by atoms with Gasteiger partial charge in [-0.15, -0.1) is 0 Å². The average Bonchev–Trinajstić information content (AvgIpc) is 2.84. The van der Waals surface area contributed by atoms with Crippen LogP contribution in [0, 0.1) is 6.92 Å². The molecule has 0 spiro atoms. The number of halogens is 1. The quantitative estimate of drug-likeness (QED) is 0.722. The molecule has 0 aliphatic heterocycles. The second-order valence-corrected chi connectivity index (χ2v) is 6.42. The van der Waals surface area contributed by atoms with Crippen molar-refractivity contribution in [1.29, 1.82) is 0 Å². The van der Waals surface area contributed by atoms with Crippen molar-refractivity contribution in [2.75, 3.05) is 4.72 Å². The summed E-state index contributed by atoms with van der Waals surface area (Å²) in [7, 11) is -3.86. The van der Waals surface area contributed by atoms with E-state index in [1.54, 1.807) is 13.0 Å². The third-order valence-electron chi connectivity index (χ3n) is 2.46. The SMILES string of the molecule is Cc1cc(NS(=O)(=O)c2c[nH]c(C(=O)O)c2)cnc1Br. The zero-order valence-electron chi connectivity index (χ0n) is 10.2. The molecular weight excluding hydrogens is 350 g/mol. The molecule has 0 saturated heterocycles. The molecule has 20 heavy (non-hydrogen) atoms. The third kappa shape index (κ3) is 2.99. The summed E-state index contributed by atoms with van der Waals surface area (Å²) in [6.07, 6.45) is 2.48. The van der Waals surface area contributed by atoms with E-state index in [1.165, 1.54) is 6.20 Å². The Balaban J connectivity index is 2.30. The fourth-order valence-electron chi connectivity index (χ4n) is 1.48. The Hall–Kier alpha value is -1.87. The van der Waals surface area contributed by atoms with Crippen LogP contribution < -0.4 is 4.72 Å². The first-order valence-corrected chi connectivity index (χ1v) is 7.64. The normalized spacial score (nSPS) is 11.3. The van der Waals surface area contributed by atoms with E-state index < -0.39 is 16.0 Å². The Morgan fingerprint density at radius 2 is 2.15 bits per heavy atom. The molecule has 7 nitrogen and oxygen atoms in total. The van der Waals surface area contributed by atoms with Crippen molar-refractivity contribution in [3.63, 3.8) is 0 Å². The molecule has 0 atom stereocenters. The Kier molecular flexibility index (Phi) is 3.82. The summed E-state index contributed by atoms with van der Waals surface area (Å²) in [4.78, 5) is 16.9. The molecule has 0 aliphatic rings. The maximum Gasteiger partial charge on any atom is 0.352 e. The highest BCUT2D eigenvalue weighted by Crippen LogP contribution is 2.20. The van der Waals surface area contributed by atoms with E-state index in [-0.39, 0.29) is 10.6 Å². The van der Waals surface area contributed by atoms with Crippen molar-refractivity contribution in [3.8, 4) is 0 Å². The second-order valence-electron chi connectivity index (χ2n) is 3.99. The van der Waals surface area contributed by atoms with Gasteiger partial charge in [0, 0.05) is 6.20 Å². The highest BCUT2D eigenvalue weighted by molar-refractivity contribution is 9.10. The minimum absolute atomic E-state index is 0.157. The highest BCUT2D eigenvalue weighted by atomic mass is 79.9. The summed E-state index contributed by atoms with van der Waals surface area (Å²) in [5, 5.41) is 8.76. The lowest BCUT2D eigenvalue weighted by atomic mass is 10.3. The van der Waals surface area contributed by atoms with Crippen LogP contribution in [0.25, 0.3) is 0 Å². The molecule has 2 rings (SSSR count). The smallest absolute Gasteiger partial charge is 0.352 e. The molecule has 0 aromatic carbocycles. The number of pyridine rings is 1. The lowest BCUT2D eigenvalue weighted by Crippen LogP contribution is -2.12. The molecule has 9 heteroatoms. The van der Waals surface area contributed by atoms with Crippen LogP contribution in [-0.2, 0) is 10.0 Å². The Labute approximate surface area is 123 Å². The van der Waals surface area contributed by atoms with E-state index in [0.717, 1.165) is 17.8 Å². The first kappa shape index (κ1) is 14.5. The number of aromatic amines is 1. The number of carbonyl (C=O) groups is 1. The Bertz CT molecular complexity index is 770. The van der Waals surface area contributed by atoms with Gasteiger partial charge in [-0.05, 0) is 40.5 Å². The number of aromatic nitrogens is 2. The fraction of sp³-hybridized carbons (Fsp3) is 0.0909. The monoisotopic (exact) mass is 359 g/mol. The summed E-state index contributed by atoms with van der Waals surface area (Å²) in [6.45, 7) is 1.77. The van der Waals surface area contributed by atoms with Crippen molar-refractivity contribution in [2.45, 2.75) is 11.8 Å². The van der Waals surface area contributed by atoms with Gasteiger partial charge < -0.3 is 10.1 Å². The van der Waals surface area contributed by atoms with Gasteiger partial charge in [0.1, 0.15) is 15.2 Å². The van der Waals surface area contributed by atoms with Crippen molar-refractivity contribution >= 4 is 37.6 Å². The van der Waals surface area contributed by atoms with Crippen LogP contribution in [0.4, 0.5) is 5.69 Å². The molecule has 106 valence electrons. The van der Waals surface area contributed by atoms with Crippen molar-refractivity contribution in [2.24, 2.45) is 0 Å². The minimum Gasteiger partial charge on any atom is -0.477 e. The van der Waals surface area contributed by atoms with Gasteiger partial charge in [0.25, 0.3) is 10.0 Å². The van der Waals surface area contributed by atoms with Crippen LogP contribution in [0.3, 0.4) is 0 Å². The molecule has 0 unspecified atom stereocenters. The van der Waals surface area contributed by atoms with Crippen LogP contribution in [0.2, 0.25) is 0 Å². The molecule has 0 radical (unpaired) electrons. The molecular formula is C11H10BrN3O4S. The van der Waals surface area contributed by atoms with E-state index in [1.807, 2.05) is 0 Å². The number of anilines is 1. The summed E-state index contributed by atoms with van der Waals surface area (Å²) < 4.78 is 27.1. The number of nitrogens with zero attached hydrogens (tertiary/aromatic N) is 1. The summed E-state index contributed by atoms with van der Waals surface area (Å²) in [5.41, 5.74) is 0.866. The predicted octanol–water partition coefficient (Wildman–Crippen LogP) is 1.98. The lowest BCUT2D eigenvalue weighted by Gasteiger charge is -2.07. The zero-order valence-corrected chi connectivity index (χ0v) is 12.6. The Morgan fingerprint density at radius 3 is 2.70 bits per heavy atom. The first-order valence-electron chi connectivity index (χ1n) is 5.36. The number of aryl methyl sites for hydroxylation is 1. The standard InChI is InChI=1S/C11H10BrN3O4S/c1-6-2-7(4-14-10(6)12)15-20(18,19)8-3-9(11(16)17)13-5-8/h2-5,13,15H,1H3,(H,16,17). The van der Waals surface area contributed by atoms with Gasteiger partial charge in [-0.2, -0.15) is 0 Å². The largest absolute Gasteiger partial charge is 0.477 e. The highest BCUT2D eigenvalue weighted by Gasteiger charge is 2.18. The number of hydrogen-bond donors (Lipinski definition) is 3. The second kappa shape index (κ2) is 5.25.